The van der Waals surface area contributed by atoms with Crippen LogP contribution < -0.4 is 0 Å². The lowest BCUT2D eigenvalue weighted by Gasteiger charge is -2.27. The first-order chi connectivity index (χ1) is 7.59. The van der Waals surface area contributed by atoms with Crippen molar-refractivity contribution in [1.82, 2.24) is 0 Å². The van der Waals surface area contributed by atoms with Crippen LogP contribution in [0.3, 0.4) is 0 Å². The third-order valence-electron chi connectivity index (χ3n) is 3.05. The topological polar surface area (TPSA) is 37.3 Å². The largest absolute Gasteiger partial charge is 0.481 e. The molecule has 4 heteroatoms. The van der Waals surface area contributed by atoms with E-state index >= 15 is 0 Å². The fourth-order valence-electron chi connectivity index (χ4n) is 2.08. The molecule has 0 bridgehead atoms. The van der Waals surface area contributed by atoms with Gasteiger partial charge in [-0.15, -0.1) is 11.8 Å². The lowest BCUT2D eigenvalue weighted by Crippen LogP contribution is -2.22. The van der Waals surface area contributed by atoms with Crippen molar-refractivity contribution in [3.63, 3.8) is 0 Å². The summed E-state index contributed by atoms with van der Waals surface area (Å²) in [6, 6.07) is 4.63. The second kappa shape index (κ2) is 4.45. The molecule has 0 saturated carbocycles. The van der Waals surface area contributed by atoms with Gasteiger partial charge in [0.25, 0.3) is 0 Å². The molecule has 1 N–H and O–H groups in total. The summed E-state index contributed by atoms with van der Waals surface area (Å²) >= 11 is 1.60. The quantitative estimate of drug-likeness (QED) is 0.863. The summed E-state index contributed by atoms with van der Waals surface area (Å²) in [4.78, 5) is 11.9. The van der Waals surface area contributed by atoms with Crippen molar-refractivity contribution < 1.29 is 14.3 Å². The highest BCUT2D eigenvalue weighted by Crippen LogP contribution is 2.41. The Labute approximate surface area is 97.9 Å². The van der Waals surface area contributed by atoms with Crippen molar-refractivity contribution >= 4 is 17.7 Å². The molecule has 16 heavy (non-hydrogen) atoms. The molecule has 86 valence electrons. The highest BCUT2D eigenvalue weighted by molar-refractivity contribution is 7.99. The first-order valence-corrected chi connectivity index (χ1v) is 6.23. The molecule has 2 rings (SSSR count). The molecule has 2 nitrogen and oxygen atoms in total. The average Bonchev–Trinajstić information content (AvgIpc) is 2.26. The Balaban J connectivity index is 2.36. The number of fused-ring (bicyclic) bond motifs is 1. The van der Waals surface area contributed by atoms with E-state index in [9.17, 15) is 9.18 Å². The zero-order chi connectivity index (χ0) is 11.7. The van der Waals surface area contributed by atoms with Crippen LogP contribution in [0.2, 0.25) is 0 Å². The smallest absolute Gasteiger partial charge is 0.306 e. The van der Waals surface area contributed by atoms with Crippen LogP contribution >= 0.6 is 11.8 Å². The highest BCUT2D eigenvalue weighted by atomic mass is 32.2. The molecule has 0 radical (unpaired) electrons. The van der Waals surface area contributed by atoms with Gasteiger partial charge in [0, 0.05) is 4.90 Å². The van der Waals surface area contributed by atoms with E-state index < -0.39 is 11.9 Å². The van der Waals surface area contributed by atoms with E-state index in [4.69, 9.17) is 5.11 Å². The van der Waals surface area contributed by atoms with E-state index in [2.05, 4.69) is 0 Å². The number of carbonyl (C=O) groups is 1. The van der Waals surface area contributed by atoms with E-state index in [0.717, 1.165) is 22.6 Å². The summed E-state index contributed by atoms with van der Waals surface area (Å²) in [6.45, 7) is 1.72. The number of rotatable bonds is 2. The molecule has 0 spiro atoms. The first kappa shape index (κ1) is 11.5. The zero-order valence-corrected chi connectivity index (χ0v) is 9.76. The molecule has 0 aliphatic carbocycles. The van der Waals surface area contributed by atoms with Crippen LogP contribution in [0.15, 0.2) is 23.1 Å². The molecular formula is C12H13FO2S. The maximum atomic E-state index is 13.1. The Morgan fingerprint density at radius 3 is 3.06 bits per heavy atom. The van der Waals surface area contributed by atoms with E-state index in [1.807, 2.05) is 0 Å². The number of benzene rings is 1. The SMILES string of the molecule is CC(C(=O)O)C1CCSc2cc(F)ccc21. The normalized spacial score (nSPS) is 21.2. The second-order valence-corrected chi connectivity index (χ2v) is 5.19. The lowest BCUT2D eigenvalue weighted by molar-refractivity contribution is -0.141. The number of halogens is 1. The van der Waals surface area contributed by atoms with Crippen LogP contribution in [-0.4, -0.2) is 16.8 Å². The molecule has 2 unspecified atom stereocenters. The van der Waals surface area contributed by atoms with Crippen molar-refractivity contribution in [3.8, 4) is 0 Å². The number of hydrogen-bond donors (Lipinski definition) is 1. The minimum atomic E-state index is -0.785. The van der Waals surface area contributed by atoms with Gasteiger partial charge < -0.3 is 5.11 Å². The molecule has 2 atom stereocenters. The monoisotopic (exact) mass is 240 g/mol. The third kappa shape index (κ3) is 2.07. The Hall–Kier alpha value is -1.03. The highest BCUT2D eigenvalue weighted by Gasteiger charge is 2.29. The Morgan fingerprint density at radius 2 is 2.38 bits per heavy atom. The number of aliphatic carboxylic acids is 1. The average molecular weight is 240 g/mol. The minimum Gasteiger partial charge on any atom is -0.481 e. The molecule has 0 saturated heterocycles. The van der Waals surface area contributed by atoms with Gasteiger partial charge in [0.15, 0.2) is 0 Å². The van der Waals surface area contributed by atoms with Crippen molar-refractivity contribution in [2.45, 2.75) is 24.2 Å². The van der Waals surface area contributed by atoms with Gasteiger partial charge in [-0.3, -0.25) is 4.79 Å². The fourth-order valence-corrected chi connectivity index (χ4v) is 3.26. The predicted octanol–water partition coefficient (Wildman–Crippen LogP) is 3.13. The van der Waals surface area contributed by atoms with Crippen LogP contribution in [0, 0.1) is 11.7 Å². The number of hydrogen-bond acceptors (Lipinski definition) is 2. The van der Waals surface area contributed by atoms with Crippen molar-refractivity contribution in [3.05, 3.63) is 29.6 Å². The van der Waals surface area contributed by atoms with Crippen LogP contribution in [0.1, 0.15) is 24.8 Å². The standard InChI is InChI=1S/C12H13FO2S/c1-7(12(14)15)9-4-5-16-11-6-8(13)2-3-10(9)11/h2-3,6-7,9H,4-5H2,1H3,(H,14,15). The van der Waals surface area contributed by atoms with Crippen molar-refractivity contribution in [1.29, 1.82) is 0 Å². The number of carboxylic acid groups (broad SMARTS) is 1. The van der Waals surface area contributed by atoms with E-state index in [-0.39, 0.29) is 11.7 Å². The summed E-state index contributed by atoms with van der Waals surface area (Å²) in [5.74, 6) is -0.583. The third-order valence-corrected chi connectivity index (χ3v) is 4.16. The molecule has 0 amide bonds. The van der Waals surface area contributed by atoms with Crippen LogP contribution in [0.25, 0.3) is 0 Å². The maximum Gasteiger partial charge on any atom is 0.306 e. The summed E-state index contributed by atoms with van der Waals surface area (Å²) in [6.07, 6.45) is 0.844. The second-order valence-electron chi connectivity index (χ2n) is 4.05. The molecule has 0 aromatic heterocycles. The number of carboxylic acids is 1. The Bertz CT molecular complexity index is 419. The summed E-state index contributed by atoms with van der Waals surface area (Å²) in [7, 11) is 0. The van der Waals surface area contributed by atoms with Gasteiger partial charge in [-0.2, -0.15) is 0 Å². The molecule has 1 aromatic rings. The summed E-state index contributed by atoms with van der Waals surface area (Å²) < 4.78 is 13.1. The Kier molecular flexibility index (Phi) is 3.19. The maximum absolute atomic E-state index is 13.1. The van der Waals surface area contributed by atoms with Gasteiger partial charge in [-0.25, -0.2) is 4.39 Å². The summed E-state index contributed by atoms with van der Waals surface area (Å²) in [5, 5.41) is 9.03. The van der Waals surface area contributed by atoms with Crippen LogP contribution in [0.5, 0.6) is 0 Å². The summed E-state index contributed by atoms with van der Waals surface area (Å²) in [5.41, 5.74) is 0.979. The Morgan fingerprint density at radius 1 is 1.62 bits per heavy atom. The van der Waals surface area contributed by atoms with Gasteiger partial charge in [0.2, 0.25) is 0 Å². The number of thioether (sulfide) groups is 1. The van der Waals surface area contributed by atoms with E-state index in [0.29, 0.717) is 0 Å². The zero-order valence-electron chi connectivity index (χ0n) is 8.94. The van der Waals surface area contributed by atoms with Gasteiger partial charge in [0.1, 0.15) is 5.82 Å². The van der Waals surface area contributed by atoms with E-state index in [1.165, 1.54) is 12.1 Å². The van der Waals surface area contributed by atoms with Crippen LogP contribution in [-0.2, 0) is 4.79 Å². The molecule has 1 aromatic carbocycles. The van der Waals surface area contributed by atoms with Gasteiger partial charge in [0.05, 0.1) is 5.92 Å². The van der Waals surface area contributed by atoms with Crippen molar-refractivity contribution in [2.24, 2.45) is 5.92 Å². The van der Waals surface area contributed by atoms with E-state index in [1.54, 1.807) is 24.8 Å². The lowest BCUT2D eigenvalue weighted by atomic mass is 9.85. The molecule has 1 heterocycles. The van der Waals surface area contributed by atoms with Crippen LogP contribution in [0.4, 0.5) is 4.39 Å². The molecule has 1 aliphatic rings. The predicted molar refractivity (Wildman–Crippen MR) is 61.3 cm³/mol. The fraction of sp³-hybridized carbons (Fsp3) is 0.417. The first-order valence-electron chi connectivity index (χ1n) is 5.24. The minimum absolute atomic E-state index is 0.00866. The van der Waals surface area contributed by atoms with Gasteiger partial charge in [-0.05, 0) is 35.8 Å². The van der Waals surface area contributed by atoms with Gasteiger partial charge in [-0.1, -0.05) is 13.0 Å². The molecular weight excluding hydrogens is 227 g/mol. The van der Waals surface area contributed by atoms with Crippen molar-refractivity contribution in [2.75, 3.05) is 5.75 Å². The van der Waals surface area contributed by atoms with Gasteiger partial charge >= 0.3 is 5.97 Å². The molecule has 0 fully saturated rings. The molecule has 1 aliphatic heterocycles.